The monoisotopic (exact) mass is 737 g/mol. The van der Waals surface area contributed by atoms with Gasteiger partial charge in [-0.15, -0.1) is 6.58 Å². The second-order valence-electron chi connectivity index (χ2n) is 12.9. The van der Waals surface area contributed by atoms with Gasteiger partial charge in [-0.1, -0.05) is 61.2 Å². The number of aromatic nitrogens is 1. The number of sulfonamides is 1. The van der Waals surface area contributed by atoms with Crippen molar-refractivity contribution in [2.75, 3.05) is 13.7 Å². The van der Waals surface area contributed by atoms with Gasteiger partial charge in [0.15, 0.2) is 0 Å². The number of rotatable bonds is 13. The average Bonchev–Trinajstić information content (AvgIpc) is 3.73. The molecular formula is C39H39N5O8S. The van der Waals surface area contributed by atoms with E-state index in [4.69, 9.17) is 14.5 Å². The van der Waals surface area contributed by atoms with Gasteiger partial charge in [0, 0.05) is 35.4 Å². The van der Waals surface area contributed by atoms with E-state index in [2.05, 4.69) is 28.5 Å². The van der Waals surface area contributed by atoms with E-state index >= 15 is 0 Å². The van der Waals surface area contributed by atoms with Gasteiger partial charge in [0.2, 0.25) is 17.7 Å². The molecular weight excluding hydrogens is 699 g/mol. The number of fused-ring (bicyclic) bond motifs is 1. The van der Waals surface area contributed by atoms with Gasteiger partial charge in [-0.3, -0.25) is 19.2 Å². The van der Waals surface area contributed by atoms with E-state index in [-0.39, 0.29) is 24.3 Å². The lowest BCUT2D eigenvalue weighted by Crippen LogP contribution is -2.57. The molecule has 3 aromatic carbocycles. The number of carbonyl (C=O) groups excluding carboxylic acids is 4. The predicted molar refractivity (Wildman–Crippen MR) is 197 cm³/mol. The summed E-state index contributed by atoms with van der Waals surface area (Å²) in [5, 5.41) is 5.97. The Morgan fingerprint density at radius 3 is 2.34 bits per heavy atom. The van der Waals surface area contributed by atoms with Crippen LogP contribution in [0.15, 0.2) is 115 Å². The van der Waals surface area contributed by atoms with Gasteiger partial charge in [0.25, 0.3) is 15.9 Å². The number of hydrogen-bond donors (Lipinski definition) is 3. The molecule has 0 spiro atoms. The minimum atomic E-state index is -4.26. The quantitative estimate of drug-likeness (QED) is 0.137. The molecule has 5 atom stereocenters. The average molecular weight is 738 g/mol. The Morgan fingerprint density at radius 1 is 1.00 bits per heavy atom. The van der Waals surface area contributed by atoms with Crippen LogP contribution in [-0.2, 0) is 29.2 Å². The first-order valence-electron chi connectivity index (χ1n) is 16.9. The second kappa shape index (κ2) is 14.9. The molecule has 1 saturated carbocycles. The van der Waals surface area contributed by atoms with E-state index in [1.807, 2.05) is 36.4 Å². The Labute approximate surface area is 307 Å². The van der Waals surface area contributed by atoms with Crippen molar-refractivity contribution in [3.8, 4) is 22.8 Å². The maximum atomic E-state index is 14.2. The molecule has 1 unspecified atom stereocenters. The van der Waals surface area contributed by atoms with Crippen molar-refractivity contribution in [2.45, 2.75) is 48.4 Å². The normalized spacial score (nSPS) is 21.2. The molecule has 13 nitrogen and oxygen atoms in total. The van der Waals surface area contributed by atoms with Crippen LogP contribution in [0, 0.1) is 5.92 Å². The van der Waals surface area contributed by atoms with Crippen LogP contribution in [0.1, 0.15) is 19.8 Å². The number of amides is 4. The molecule has 53 heavy (non-hydrogen) atoms. The number of nitrogens with one attached hydrogen (secondary N) is 3. The summed E-state index contributed by atoms with van der Waals surface area (Å²) in [5.41, 5.74) is 0.449. The molecule has 0 radical (unpaired) electrons. The molecule has 4 amide bonds. The zero-order chi connectivity index (χ0) is 37.9. The number of pyridine rings is 1. The van der Waals surface area contributed by atoms with Gasteiger partial charge in [0.05, 0.1) is 29.8 Å². The molecule has 2 heterocycles. The summed E-state index contributed by atoms with van der Waals surface area (Å²) < 4.78 is 40.2. The number of ether oxygens (including phenoxy) is 2. The van der Waals surface area contributed by atoms with E-state index < -0.39 is 63.3 Å². The molecule has 274 valence electrons. The standard InChI is InChI=1S/C39H39N5O8S/c1-5-26-22-39(26,38(48)43-53(49,50)29-15-11-8-12-16-29)42-36(46)33-20-28(23-44(33)37(47)24(3)40-35(45)6-2)52-34-21-31(25-13-9-7-10-14-25)41-32-19-27(51-4)17-18-30(32)34/h5-19,21,24,26,28,33H,1-2,20,22-23H2,3-4H3,(H,40,45)(H,42,46)(H,43,48)/t24-,26+,28?,33-,39+/m0/s1. The Bertz CT molecular complexity index is 2200. The van der Waals surface area contributed by atoms with Gasteiger partial charge < -0.3 is 25.0 Å². The summed E-state index contributed by atoms with van der Waals surface area (Å²) in [5.74, 6) is -2.29. The third-order valence-corrected chi connectivity index (χ3v) is 10.8. The van der Waals surface area contributed by atoms with Crippen molar-refractivity contribution in [3.05, 3.63) is 110 Å². The van der Waals surface area contributed by atoms with Crippen LogP contribution in [0.2, 0.25) is 0 Å². The summed E-state index contributed by atoms with van der Waals surface area (Å²) >= 11 is 0. The topological polar surface area (TPSA) is 173 Å². The van der Waals surface area contributed by atoms with Crippen LogP contribution in [-0.4, -0.2) is 79.3 Å². The Kier molecular flexibility index (Phi) is 10.3. The lowest BCUT2D eigenvalue weighted by atomic mass is 10.1. The molecule has 1 saturated heterocycles. The van der Waals surface area contributed by atoms with Gasteiger partial charge in [-0.25, -0.2) is 18.1 Å². The Balaban J connectivity index is 1.30. The smallest absolute Gasteiger partial charge is 0.264 e. The third kappa shape index (κ3) is 7.63. The van der Waals surface area contributed by atoms with Crippen LogP contribution < -0.4 is 24.8 Å². The van der Waals surface area contributed by atoms with E-state index in [9.17, 15) is 27.6 Å². The van der Waals surface area contributed by atoms with Gasteiger partial charge in [-0.05, 0) is 43.7 Å². The second-order valence-corrected chi connectivity index (χ2v) is 14.6. The van der Waals surface area contributed by atoms with Crippen molar-refractivity contribution < 1.29 is 37.1 Å². The molecule has 1 aromatic heterocycles. The lowest BCUT2D eigenvalue weighted by molar-refractivity contribution is -0.141. The number of benzene rings is 3. The highest BCUT2D eigenvalue weighted by atomic mass is 32.2. The summed E-state index contributed by atoms with van der Waals surface area (Å²) in [7, 11) is -2.70. The highest BCUT2D eigenvalue weighted by Crippen LogP contribution is 2.45. The number of nitrogens with zero attached hydrogens (tertiary/aromatic N) is 2. The van der Waals surface area contributed by atoms with E-state index in [1.54, 1.807) is 31.4 Å². The molecule has 0 bridgehead atoms. The van der Waals surface area contributed by atoms with Crippen LogP contribution in [0.4, 0.5) is 0 Å². The molecule has 14 heteroatoms. The lowest BCUT2D eigenvalue weighted by Gasteiger charge is -2.28. The maximum Gasteiger partial charge on any atom is 0.264 e. The summed E-state index contributed by atoms with van der Waals surface area (Å²) in [6.45, 7) is 8.64. The van der Waals surface area contributed by atoms with Crippen molar-refractivity contribution in [1.29, 1.82) is 0 Å². The van der Waals surface area contributed by atoms with E-state index in [0.29, 0.717) is 28.1 Å². The van der Waals surface area contributed by atoms with Crippen molar-refractivity contribution in [2.24, 2.45) is 5.92 Å². The fourth-order valence-electron chi connectivity index (χ4n) is 6.50. The van der Waals surface area contributed by atoms with E-state index in [0.717, 1.165) is 11.6 Å². The van der Waals surface area contributed by atoms with Crippen molar-refractivity contribution >= 4 is 44.6 Å². The van der Waals surface area contributed by atoms with Crippen molar-refractivity contribution in [1.82, 2.24) is 25.2 Å². The largest absolute Gasteiger partial charge is 0.497 e. The molecule has 2 fully saturated rings. The number of likely N-dealkylation sites (tertiary alicyclic amines) is 1. The summed E-state index contributed by atoms with van der Waals surface area (Å²) in [6.07, 6.45) is 1.90. The first kappa shape index (κ1) is 36.8. The Morgan fingerprint density at radius 2 is 1.70 bits per heavy atom. The van der Waals surface area contributed by atoms with E-state index in [1.165, 1.54) is 42.2 Å². The first-order valence-corrected chi connectivity index (χ1v) is 18.4. The summed E-state index contributed by atoms with van der Waals surface area (Å²) in [4.78, 5) is 59.8. The van der Waals surface area contributed by atoms with Gasteiger partial charge in [0.1, 0.15) is 35.2 Å². The van der Waals surface area contributed by atoms with Crippen LogP contribution in [0.5, 0.6) is 11.5 Å². The maximum absolute atomic E-state index is 14.2. The number of carbonyl (C=O) groups is 4. The zero-order valence-electron chi connectivity index (χ0n) is 29.2. The highest BCUT2D eigenvalue weighted by molar-refractivity contribution is 7.90. The zero-order valence-corrected chi connectivity index (χ0v) is 30.0. The third-order valence-electron chi connectivity index (χ3n) is 9.44. The molecule has 6 rings (SSSR count). The fourth-order valence-corrected chi connectivity index (χ4v) is 7.56. The summed E-state index contributed by atoms with van der Waals surface area (Å²) in [6, 6.07) is 21.9. The molecule has 1 aliphatic heterocycles. The predicted octanol–water partition coefficient (Wildman–Crippen LogP) is 3.52. The molecule has 2 aliphatic rings. The SMILES string of the molecule is C=CC(=O)N[C@@H](C)C(=O)N1CC(Oc2cc(-c3ccccc3)nc3cc(OC)ccc23)C[C@H]1C(=O)N[C@]1(C(=O)NS(=O)(=O)c2ccccc2)C[C@H]1C=C. The van der Waals surface area contributed by atoms with Crippen LogP contribution in [0.25, 0.3) is 22.2 Å². The molecule has 3 N–H and O–H groups in total. The first-order chi connectivity index (χ1) is 25.4. The van der Waals surface area contributed by atoms with Crippen molar-refractivity contribution in [3.63, 3.8) is 0 Å². The van der Waals surface area contributed by atoms with Gasteiger partial charge in [-0.2, -0.15) is 0 Å². The number of hydrogen-bond acceptors (Lipinski definition) is 9. The van der Waals surface area contributed by atoms with Gasteiger partial charge >= 0.3 is 0 Å². The van der Waals surface area contributed by atoms with Crippen LogP contribution in [0.3, 0.4) is 0 Å². The Hall–Kier alpha value is -6.02. The minimum Gasteiger partial charge on any atom is -0.497 e. The highest BCUT2D eigenvalue weighted by Gasteiger charge is 2.61. The minimum absolute atomic E-state index is 0.0130. The molecule has 1 aliphatic carbocycles. The number of methoxy groups -OCH3 is 1. The molecule has 4 aromatic rings. The fraction of sp³-hybridized carbons (Fsp3) is 0.256. The van der Waals surface area contributed by atoms with Crippen LogP contribution >= 0.6 is 0 Å².